The molecule has 0 bridgehead atoms. The highest BCUT2D eigenvalue weighted by Gasteiger charge is 2.17. The Bertz CT molecular complexity index is 657. The molecule has 21 heavy (non-hydrogen) atoms. The Labute approximate surface area is 126 Å². The zero-order valence-electron chi connectivity index (χ0n) is 12.1. The normalized spacial score (nSPS) is 12.3. The van der Waals surface area contributed by atoms with Gasteiger partial charge in [-0.05, 0) is 18.6 Å². The van der Waals surface area contributed by atoms with Gasteiger partial charge in [0.1, 0.15) is 4.90 Å². The molecule has 0 saturated heterocycles. The number of anilines is 1. The summed E-state index contributed by atoms with van der Waals surface area (Å²) >= 11 is 0. The predicted octanol–water partition coefficient (Wildman–Crippen LogP) is 0.336. The lowest BCUT2D eigenvalue weighted by Gasteiger charge is -2.13. The smallest absolute Gasteiger partial charge is 0.242 e. The van der Waals surface area contributed by atoms with Gasteiger partial charge in [-0.15, -0.1) is 0 Å². The summed E-state index contributed by atoms with van der Waals surface area (Å²) in [7, 11) is -6.82. The second kappa shape index (κ2) is 7.74. The van der Waals surface area contributed by atoms with E-state index in [1.165, 1.54) is 6.07 Å². The van der Waals surface area contributed by atoms with Crippen LogP contribution in [0.4, 0.5) is 5.69 Å². The van der Waals surface area contributed by atoms with Gasteiger partial charge in [0.2, 0.25) is 20.0 Å². The summed E-state index contributed by atoms with van der Waals surface area (Å²) in [5, 5.41) is 2.92. The molecule has 0 heterocycles. The first kappa shape index (κ1) is 17.9. The average molecular weight is 335 g/mol. The van der Waals surface area contributed by atoms with Crippen molar-refractivity contribution in [3.8, 4) is 0 Å². The standard InChI is InChI=1S/C12H21N3O4S2/c1-3-8-15-21(18,19)12-7-5-4-6-11(12)13-9-10-14-20(2,16)17/h4-7,13-15H,3,8-10H2,1-2H3. The van der Waals surface area contributed by atoms with E-state index in [1.54, 1.807) is 18.2 Å². The molecular weight excluding hydrogens is 314 g/mol. The van der Waals surface area contributed by atoms with Crippen LogP contribution in [0.15, 0.2) is 29.2 Å². The van der Waals surface area contributed by atoms with E-state index in [0.29, 0.717) is 18.7 Å². The fourth-order valence-electron chi connectivity index (χ4n) is 1.59. The third kappa shape index (κ3) is 6.42. The van der Waals surface area contributed by atoms with Crippen LogP contribution in [0, 0.1) is 0 Å². The third-order valence-electron chi connectivity index (χ3n) is 2.52. The van der Waals surface area contributed by atoms with Crippen molar-refractivity contribution in [2.75, 3.05) is 31.2 Å². The maximum Gasteiger partial charge on any atom is 0.242 e. The number of rotatable bonds is 9. The molecule has 1 rings (SSSR count). The van der Waals surface area contributed by atoms with E-state index >= 15 is 0 Å². The maximum atomic E-state index is 12.1. The highest BCUT2D eigenvalue weighted by Crippen LogP contribution is 2.20. The Balaban J connectivity index is 2.76. The van der Waals surface area contributed by atoms with Crippen LogP contribution >= 0.6 is 0 Å². The number of hydrogen-bond acceptors (Lipinski definition) is 5. The van der Waals surface area contributed by atoms with Gasteiger partial charge < -0.3 is 5.32 Å². The highest BCUT2D eigenvalue weighted by atomic mass is 32.2. The summed E-state index contributed by atoms with van der Waals surface area (Å²) in [4.78, 5) is 0.151. The SMILES string of the molecule is CCCNS(=O)(=O)c1ccccc1NCCNS(C)(=O)=O. The molecule has 3 N–H and O–H groups in total. The number of nitrogens with one attached hydrogen (secondary N) is 3. The molecule has 0 atom stereocenters. The second-order valence-corrected chi connectivity index (χ2v) is 8.06. The Kier molecular flexibility index (Phi) is 6.59. The molecule has 0 spiro atoms. The zero-order valence-corrected chi connectivity index (χ0v) is 13.7. The maximum absolute atomic E-state index is 12.1. The van der Waals surface area contributed by atoms with Gasteiger partial charge in [-0.3, -0.25) is 0 Å². The van der Waals surface area contributed by atoms with E-state index in [4.69, 9.17) is 0 Å². The van der Waals surface area contributed by atoms with E-state index in [2.05, 4.69) is 14.8 Å². The second-order valence-electron chi connectivity index (χ2n) is 4.49. The number of hydrogen-bond donors (Lipinski definition) is 3. The molecule has 0 saturated carbocycles. The van der Waals surface area contributed by atoms with Crippen LogP contribution in [0.1, 0.15) is 13.3 Å². The molecule has 0 aliphatic rings. The molecule has 1 aromatic rings. The minimum atomic E-state index is -3.57. The molecule has 9 heteroatoms. The zero-order chi connectivity index (χ0) is 15.9. The molecule has 7 nitrogen and oxygen atoms in total. The lowest BCUT2D eigenvalue weighted by atomic mass is 10.3. The van der Waals surface area contributed by atoms with Crippen LogP contribution in [0.3, 0.4) is 0 Å². The van der Waals surface area contributed by atoms with Crippen molar-refractivity contribution in [2.45, 2.75) is 18.2 Å². The van der Waals surface area contributed by atoms with E-state index < -0.39 is 20.0 Å². The predicted molar refractivity (Wildman–Crippen MR) is 83.3 cm³/mol. The van der Waals surface area contributed by atoms with Crippen LogP contribution in [0.5, 0.6) is 0 Å². The van der Waals surface area contributed by atoms with E-state index in [-0.39, 0.29) is 18.0 Å². The summed E-state index contributed by atoms with van der Waals surface area (Å²) in [5.74, 6) is 0. The van der Waals surface area contributed by atoms with Gasteiger partial charge in [-0.2, -0.15) is 0 Å². The fraction of sp³-hybridized carbons (Fsp3) is 0.500. The van der Waals surface area contributed by atoms with Crippen LogP contribution < -0.4 is 14.8 Å². The minimum absolute atomic E-state index is 0.151. The highest BCUT2D eigenvalue weighted by molar-refractivity contribution is 7.89. The van der Waals surface area contributed by atoms with Crippen molar-refractivity contribution >= 4 is 25.7 Å². The van der Waals surface area contributed by atoms with Crippen LogP contribution in [-0.2, 0) is 20.0 Å². The van der Waals surface area contributed by atoms with Crippen LogP contribution in [0.2, 0.25) is 0 Å². The van der Waals surface area contributed by atoms with E-state index in [1.807, 2.05) is 6.92 Å². The molecule has 0 unspecified atom stereocenters. The largest absolute Gasteiger partial charge is 0.383 e. The molecule has 0 aliphatic carbocycles. The van der Waals surface area contributed by atoms with Crippen molar-refractivity contribution in [3.63, 3.8) is 0 Å². The molecule has 0 aromatic heterocycles. The van der Waals surface area contributed by atoms with Gasteiger partial charge in [0, 0.05) is 19.6 Å². The summed E-state index contributed by atoms with van der Waals surface area (Å²) in [6.07, 6.45) is 1.77. The molecule has 1 aromatic carbocycles. The summed E-state index contributed by atoms with van der Waals surface area (Å²) < 4.78 is 51.0. The lowest BCUT2D eigenvalue weighted by molar-refractivity contribution is 0.580. The monoisotopic (exact) mass is 335 g/mol. The Morgan fingerprint density at radius 3 is 2.24 bits per heavy atom. The van der Waals surface area contributed by atoms with Crippen LogP contribution in [0.25, 0.3) is 0 Å². The number of sulfonamides is 2. The first-order chi connectivity index (χ1) is 9.76. The number of benzene rings is 1. The summed E-state index contributed by atoms with van der Waals surface area (Å²) in [6.45, 7) is 2.71. The number of para-hydroxylation sites is 1. The van der Waals surface area contributed by atoms with Crippen molar-refractivity contribution in [2.24, 2.45) is 0 Å². The Hall–Kier alpha value is -1.16. The first-order valence-corrected chi connectivity index (χ1v) is 9.91. The van der Waals surface area contributed by atoms with Gasteiger partial charge in [-0.25, -0.2) is 26.3 Å². The first-order valence-electron chi connectivity index (χ1n) is 6.53. The Morgan fingerprint density at radius 1 is 0.952 bits per heavy atom. The molecule has 120 valence electrons. The van der Waals surface area contributed by atoms with Crippen molar-refractivity contribution in [1.82, 2.24) is 9.44 Å². The Morgan fingerprint density at radius 2 is 1.62 bits per heavy atom. The van der Waals surface area contributed by atoms with Gasteiger partial charge >= 0.3 is 0 Å². The summed E-state index contributed by atoms with van der Waals surface area (Å²) in [5.41, 5.74) is 0.441. The molecule has 0 fully saturated rings. The molecule has 0 aliphatic heterocycles. The van der Waals surface area contributed by atoms with Gasteiger partial charge in [-0.1, -0.05) is 19.1 Å². The van der Waals surface area contributed by atoms with Gasteiger partial charge in [0.25, 0.3) is 0 Å². The molecule has 0 amide bonds. The average Bonchev–Trinajstić information content (AvgIpc) is 2.41. The van der Waals surface area contributed by atoms with Gasteiger partial charge in [0.15, 0.2) is 0 Å². The third-order valence-corrected chi connectivity index (χ3v) is 4.77. The molecule has 0 radical (unpaired) electrons. The van der Waals surface area contributed by atoms with E-state index in [9.17, 15) is 16.8 Å². The topological polar surface area (TPSA) is 104 Å². The summed E-state index contributed by atoms with van der Waals surface area (Å²) in [6, 6.07) is 6.50. The molecular formula is C12H21N3O4S2. The minimum Gasteiger partial charge on any atom is -0.383 e. The van der Waals surface area contributed by atoms with Crippen LogP contribution in [-0.4, -0.2) is 42.7 Å². The fourth-order valence-corrected chi connectivity index (χ4v) is 3.38. The van der Waals surface area contributed by atoms with Crippen molar-refractivity contribution in [3.05, 3.63) is 24.3 Å². The lowest BCUT2D eigenvalue weighted by Crippen LogP contribution is -2.29. The van der Waals surface area contributed by atoms with Crippen molar-refractivity contribution in [1.29, 1.82) is 0 Å². The van der Waals surface area contributed by atoms with Crippen molar-refractivity contribution < 1.29 is 16.8 Å². The van der Waals surface area contributed by atoms with Gasteiger partial charge in [0.05, 0.1) is 11.9 Å². The van der Waals surface area contributed by atoms with E-state index in [0.717, 1.165) is 6.26 Å². The quantitative estimate of drug-likeness (QED) is 0.564.